The number of aromatic nitrogens is 1. The van der Waals surface area contributed by atoms with E-state index in [1.54, 1.807) is 0 Å². The second kappa shape index (κ2) is 13.4. The predicted octanol–water partition coefficient (Wildman–Crippen LogP) is 15.6. The van der Waals surface area contributed by atoms with Crippen molar-refractivity contribution in [3.63, 3.8) is 0 Å². The van der Waals surface area contributed by atoms with Gasteiger partial charge in [-0.2, -0.15) is 0 Å². The zero-order valence-corrected chi connectivity index (χ0v) is 33.5. The maximum absolute atomic E-state index is 2.50. The second-order valence-electron chi connectivity index (χ2n) is 16.8. The summed E-state index contributed by atoms with van der Waals surface area (Å²) in [5.74, 6) is 0.352. The largest absolute Gasteiger partial charge is 0.309 e. The van der Waals surface area contributed by atoms with Gasteiger partial charge >= 0.3 is 0 Å². The molecule has 0 spiro atoms. The number of nitrogens with zero attached hydrogens (tertiary/aromatic N) is 1. The quantitative estimate of drug-likeness (QED) is 0.164. The fourth-order valence-corrected chi connectivity index (χ4v) is 10.8. The van der Waals surface area contributed by atoms with E-state index in [1.807, 2.05) is 0 Å². The van der Waals surface area contributed by atoms with Crippen LogP contribution in [0.5, 0.6) is 0 Å². The van der Waals surface area contributed by atoms with E-state index in [1.165, 1.54) is 116 Å². The maximum atomic E-state index is 2.50. The van der Waals surface area contributed by atoms with Crippen molar-refractivity contribution < 1.29 is 0 Å². The summed E-state index contributed by atoms with van der Waals surface area (Å²) in [6, 6.07) is 83.8. The molecule has 1 heteroatoms. The smallest absolute Gasteiger partial charge is 0.0544 e. The zero-order chi connectivity index (χ0) is 40.0. The van der Waals surface area contributed by atoms with Crippen LogP contribution in [0.4, 0.5) is 0 Å². The Labute approximate surface area is 355 Å². The topological polar surface area (TPSA) is 4.93 Å². The number of hydrogen-bond donors (Lipinski definition) is 0. The molecule has 10 aromatic carbocycles. The summed E-state index contributed by atoms with van der Waals surface area (Å²) < 4.78 is 2.50. The lowest BCUT2D eigenvalue weighted by atomic mass is 9.87. The first-order valence-corrected chi connectivity index (χ1v) is 21.4. The van der Waals surface area contributed by atoms with Crippen LogP contribution in [0.1, 0.15) is 45.2 Å². The van der Waals surface area contributed by atoms with E-state index in [0.29, 0.717) is 0 Å². The molecule has 11 aromatic rings. The first kappa shape index (κ1) is 34.2. The summed E-state index contributed by atoms with van der Waals surface area (Å²) in [5, 5.41) is 5.03. The molecule has 0 aliphatic heterocycles. The monoisotopic (exact) mass is 773 g/mol. The third-order valence-electron chi connectivity index (χ3n) is 13.5. The molecular weight excluding hydrogens is 735 g/mol. The van der Waals surface area contributed by atoms with Gasteiger partial charge in [-0.15, -0.1) is 0 Å². The Hall–Kier alpha value is -7.74. The van der Waals surface area contributed by atoms with Gasteiger partial charge in [-0.05, 0) is 131 Å². The number of fused-ring (bicyclic) bond motifs is 10. The Bertz CT molecular complexity index is 3540. The van der Waals surface area contributed by atoms with E-state index >= 15 is 0 Å². The van der Waals surface area contributed by atoms with Crippen molar-refractivity contribution in [3.05, 3.63) is 258 Å². The highest BCUT2D eigenvalue weighted by molar-refractivity contribution is 6.13. The molecule has 1 nitrogen and oxygen atoms in total. The molecule has 0 bridgehead atoms. The SMILES string of the molecule is c1ccc(-c2cccc(C3c4ccccc4-c4cc(-c5ccc6c(c5)c5cc7c(cc5n6-c5ccc6ccccc6c5)C(c5ccccc5)c5ccccc5-7)ccc43)c2)cc1. The molecule has 0 fully saturated rings. The van der Waals surface area contributed by atoms with E-state index < -0.39 is 0 Å². The number of hydrogen-bond acceptors (Lipinski definition) is 0. The molecule has 0 saturated heterocycles. The zero-order valence-electron chi connectivity index (χ0n) is 33.5. The fraction of sp³-hybridized carbons (Fsp3) is 0.0333. The van der Waals surface area contributed by atoms with Crippen molar-refractivity contribution in [2.45, 2.75) is 11.8 Å². The fourth-order valence-electron chi connectivity index (χ4n) is 10.8. The van der Waals surface area contributed by atoms with Gasteiger partial charge in [-0.3, -0.25) is 0 Å². The molecule has 13 rings (SSSR count). The molecule has 2 aliphatic rings. The lowest BCUT2D eigenvalue weighted by Gasteiger charge is -2.16. The van der Waals surface area contributed by atoms with E-state index in [4.69, 9.17) is 0 Å². The van der Waals surface area contributed by atoms with Gasteiger partial charge in [-0.25, -0.2) is 0 Å². The minimum absolute atomic E-state index is 0.175. The highest BCUT2D eigenvalue weighted by atomic mass is 15.0. The van der Waals surface area contributed by atoms with Crippen molar-refractivity contribution in [2.75, 3.05) is 0 Å². The molecule has 0 amide bonds. The minimum Gasteiger partial charge on any atom is -0.309 e. The molecule has 2 atom stereocenters. The highest BCUT2D eigenvalue weighted by Gasteiger charge is 2.32. The summed E-state index contributed by atoms with van der Waals surface area (Å²) in [5.41, 5.74) is 22.0. The summed E-state index contributed by atoms with van der Waals surface area (Å²) in [7, 11) is 0. The van der Waals surface area contributed by atoms with Crippen LogP contribution in [0, 0.1) is 0 Å². The average molecular weight is 774 g/mol. The Morgan fingerprint density at radius 3 is 1.66 bits per heavy atom. The van der Waals surface area contributed by atoms with Crippen LogP contribution in [0.2, 0.25) is 0 Å². The van der Waals surface area contributed by atoms with E-state index in [2.05, 4.69) is 229 Å². The molecule has 2 aliphatic carbocycles. The van der Waals surface area contributed by atoms with E-state index in [9.17, 15) is 0 Å². The van der Waals surface area contributed by atoms with Gasteiger partial charge in [0.2, 0.25) is 0 Å². The normalized spacial score (nSPS) is 14.9. The molecule has 1 aromatic heterocycles. The van der Waals surface area contributed by atoms with Crippen LogP contribution in [0.15, 0.2) is 224 Å². The van der Waals surface area contributed by atoms with Gasteiger partial charge in [0.15, 0.2) is 0 Å². The van der Waals surface area contributed by atoms with Crippen LogP contribution in [0.25, 0.3) is 82.8 Å². The minimum atomic E-state index is 0.175. The van der Waals surface area contributed by atoms with Gasteiger partial charge in [0, 0.05) is 28.3 Å². The van der Waals surface area contributed by atoms with Gasteiger partial charge in [0.05, 0.1) is 11.0 Å². The van der Waals surface area contributed by atoms with E-state index in [-0.39, 0.29) is 11.8 Å². The van der Waals surface area contributed by atoms with Crippen molar-refractivity contribution in [2.24, 2.45) is 0 Å². The second-order valence-corrected chi connectivity index (χ2v) is 16.8. The number of rotatable bonds is 5. The van der Waals surface area contributed by atoms with Crippen LogP contribution < -0.4 is 0 Å². The first-order chi connectivity index (χ1) is 30.2. The molecule has 0 N–H and O–H groups in total. The summed E-state index contributed by atoms with van der Waals surface area (Å²) >= 11 is 0. The van der Waals surface area contributed by atoms with Gasteiger partial charge in [0.25, 0.3) is 0 Å². The van der Waals surface area contributed by atoms with Crippen LogP contribution >= 0.6 is 0 Å². The molecule has 1 heterocycles. The Morgan fingerprint density at radius 1 is 0.279 bits per heavy atom. The molecular formula is C60H39N. The molecule has 61 heavy (non-hydrogen) atoms. The van der Waals surface area contributed by atoms with Crippen LogP contribution in [-0.2, 0) is 0 Å². The van der Waals surface area contributed by atoms with Gasteiger partial charge < -0.3 is 4.57 Å². The summed E-state index contributed by atoms with van der Waals surface area (Å²) in [6.07, 6.45) is 0. The predicted molar refractivity (Wildman–Crippen MR) is 255 cm³/mol. The first-order valence-electron chi connectivity index (χ1n) is 21.4. The third-order valence-corrected chi connectivity index (χ3v) is 13.5. The van der Waals surface area contributed by atoms with Gasteiger partial charge in [-0.1, -0.05) is 182 Å². The molecule has 284 valence electrons. The highest BCUT2D eigenvalue weighted by Crippen LogP contribution is 2.52. The van der Waals surface area contributed by atoms with Crippen molar-refractivity contribution >= 4 is 32.6 Å². The standard InChI is InChI=1S/C60H39N/c1-3-14-38(15-4-1)41-20-13-21-45(32-41)60-50-25-12-9-22-47(50)52-34-43(27-30-51(52)60)44-28-31-57-54(35-44)55-36-53-48-23-10-11-24-49(48)59(40-17-5-2-6-18-40)56(53)37-58(55)61(57)46-29-26-39-16-7-8-19-42(39)33-46/h1-37,59-60H. The van der Waals surface area contributed by atoms with E-state index in [0.717, 1.165) is 0 Å². The van der Waals surface area contributed by atoms with Gasteiger partial charge in [0.1, 0.15) is 0 Å². The Kier molecular flexibility index (Phi) is 7.50. The lowest BCUT2D eigenvalue weighted by Crippen LogP contribution is -2.00. The third kappa shape index (κ3) is 5.27. The number of benzene rings is 10. The molecule has 2 unspecified atom stereocenters. The summed E-state index contributed by atoms with van der Waals surface area (Å²) in [4.78, 5) is 0. The Morgan fingerprint density at radius 2 is 0.852 bits per heavy atom. The molecule has 0 saturated carbocycles. The molecule has 0 radical (unpaired) electrons. The maximum Gasteiger partial charge on any atom is 0.0544 e. The van der Waals surface area contributed by atoms with Crippen molar-refractivity contribution in [1.29, 1.82) is 0 Å². The summed E-state index contributed by atoms with van der Waals surface area (Å²) in [6.45, 7) is 0. The lowest BCUT2D eigenvalue weighted by molar-refractivity contribution is 1.01. The average Bonchev–Trinajstić information content (AvgIpc) is 3.96. The van der Waals surface area contributed by atoms with Crippen molar-refractivity contribution in [1.82, 2.24) is 4.57 Å². The Balaban J connectivity index is 1.00. The van der Waals surface area contributed by atoms with Crippen LogP contribution in [0.3, 0.4) is 0 Å². The van der Waals surface area contributed by atoms with Crippen LogP contribution in [-0.4, -0.2) is 4.57 Å². The van der Waals surface area contributed by atoms with Crippen molar-refractivity contribution in [3.8, 4) is 50.2 Å².